The molecule has 212 valence electrons. The largest absolute Gasteiger partial charge is 0.407 e. The van der Waals surface area contributed by atoms with Crippen LogP contribution in [0.15, 0.2) is 97.1 Å². The van der Waals surface area contributed by atoms with Crippen LogP contribution in [0, 0.1) is 5.92 Å². The second kappa shape index (κ2) is 16.8. The lowest BCUT2D eigenvalue weighted by molar-refractivity contribution is -0.162. The van der Waals surface area contributed by atoms with Crippen molar-refractivity contribution in [2.75, 3.05) is 19.8 Å². The zero-order valence-corrected chi connectivity index (χ0v) is 25.7. The van der Waals surface area contributed by atoms with E-state index in [0.29, 0.717) is 12.5 Å². The molecule has 0 bridgehead atoms. The molecule has 0 spiro atoms. The van der Waals surface area contributed by atoms with Gasteiger partial charge >= 0.3 is 0 Å². The number of unbranched alkanes of at least 4 members (excludes halogenated alkanes) is 1. The van der Waals surface area contributed by atoms with Gasteiger partial charge in [0, 0.05) is 13.2 Å². The molecule has 39 heavy (non-hydrogen) atoms. The van der Waals surface area contributed by atoms with E-state index in [9.17, 15) is 0 Å². The number of ether oxygens (including phenoxy) is 2. The molecule has 0 amide bonds. The van der Waals surface area contributed by atoms with Gasteiger partial charge in [-0.05, 0) is 66.3 Å². The van der Waals surface area contributed by atoms with Crippen molar-refractivity contribution in [3.05, 3.63) is 97.1 Å². The van der Waals surface area contributed by atoms with Crippen molar-refractivity contribution in [1.29, 1.82) is 0 Å². The molecule has 0 N–H and O–H groups in total. The summed E-state index contributed by atoms with van der Waals surface area (Å²) in [4.78, 5) is 0. The van der Waals surface area contributed by atoms with E-state index in [0.717, 1.165) is 45.3 Å². The van der Waals surface area contributed by atoms with Crippen LogP contribution in [-0.2, 0) is 13.9 Å². The SMILES string of the molecule is C[C@H](/C=C\C/C=C\C/C=C\CCCOC1CCCCO1)CO[Si](c1ccccc1)(c1ccccc1)C(C)(C)C. The van der Waals surface area contributed by atoms with Crippen LogP contribution in [0.4, 0.5) is 0 Å². The quantitative estimate of drug-likeness (QED) is 0.129. The van der Waals surface area contributed by atoms with E-state index in [1.165, 1.54) is 23.2 Å². The summed E-state index contributed by atoms with van der Waals surface area (Å²) < 4.78 is 18.4. The lowest BCUT2D eigenvalue weighted by Gasteiger charge is -2.43. The van der Waals surface area contributed by atoms with Crippen LogP contribution in [0.5, 0.6) is 0 Å². The fourth-order valence-corrected chi connectivity index (χ4v) is 9.88. The molecule has 1 heterocycles. The van der Waals surface area contributed by atoms with Gasteiger partial charge < -0.3 is 13.9 Å². The van der Waals surface area contributed by atoms with Crippen LogP contribution < -0.4 is 10.4 Å². The summed E-state index contributed by atoms with van der Waals surface area (Å²) in [6.45, 7) is 11.6. The number of allylic oxidation sites excluding steroid dienone is 5. The third kappa shape index (κ3) is 10.0. The Hall–Kier alpha value is -2.24. The number of rotatable bonds is 15. The van der Waals surface area contributed by atoms with Crippen molar-refractivity contribution in [2.45, 2.75) is 84.0 Å². The highest BCUT2D eigenvalue weighted by Gasteiger charge is 2.50. The van der Waals surface area contributed by atoms with Crippen molar-refractivity contribution in [2.24, 2.45) is 5.92 Å². The number of hydrogen-bond donors (Lipinski definition) is 0. The molecule has 3 nitrogen and oxygen atoms in total. The predicted molar refractivity (Wildman–Crippen MR) is 168 cm³/mol. The standard InChI is InChI=1S/C35H50O3Si/c1-31(22-14-10-8-6-5-7-9-11-20-28-36-34-27-19-21-29-37-34)30-38-39(35(2,3)4,32-23-15-12-16-24-32)33-25-17-13-18-26-33/h6-9,12-18,22-26,31,34H,5,10-11,19-21,27-30H2,1-4H3/b8-6-,9-7-,22-14-/t31-,34?/m1/s1. The molecule has 2 atom stereocenters. The van der Waals surface area contributed by atoms with E-state index in [1.807, 2.05) is 0 Å². The Morgan fingerprint density at radius 3 is 2.08 bits per heavy atom. The molecule has 0 aliphatic carbocycles. The normalized spacial score (nSPS) is 17.9. The topological polar surface area (TPSA) is 27.7 Å². The van der Waals surface area contributed by atoms with Crippen LogP contribution in [0.25, 0.3) is 0 Å². The third-order valence-electron chi connectivity index (χ3n) is 7.28. The maximum absolute atomic E-state index is 7.06. The summed E-state index contributed by atoms with van der Waals surface area (Å²) in [5.74, 6) is 0.348. The second-order valence-corrected chi connectivity index (χ2v) is 15.9. The summed E-state index contributed by atoms with van der Waals surface area (Å²) in [6, 6.07) is 21.8. The summed E-state index contributed by atoms with van der Waals surface area (Å²) in [5.41, 5.74) is 0. The Labute approximate surface area is 239 Å². The number of benzene rings is 2. The molecule has 1 unspecified atom stereocenters. The summed E-state index contributed by atoms with van der Waals surface area (Å²) in [7, 11) is -2.47. The van der Waals surface area contributed by atoms with Gasteiger partial charge in [-0.25, -0.2) is 0 Å². The highest BCUT2D eigenvalue weighted by molar-refractivity contribution is 6.99. The van der Waals surface area contributed by atoms with E-state index >= 15 is 0 Å². The Kier molecular flexibility index (Phi) is 13.5. The van der Waals surface area contributed by atoms with Crippen molar-refractivity contribution in [3.8, 4) is 0 Å². The highest BCUT2D eigenvalue weighted by atomic mass is 28.4. The van der Waals surface area contributed by atoms with Crippen molar-refractivity contribution in [1.82, 2.24) is 0 Å². The molecule has 2 aromatic rings. The van der Waals surface area contributed by atoms with E-state index in [2.05, 4.69) is 125 Å². The first-order chi connectivity index (χ1) is 18.9. The first kappa shape index (κ1) is 31.3. The third-order valence-corrected chi connectivity index (χ3v) is 12.3. The maximum atomic E-state index is 7.06. The van der Waals surface area contributed by atoms with E-state index in [4.69, 9.17) is 13.9 Å². The van der Waals surface area contributed by atoms with Crippen LogP contribution >= 0.6 is 0 Å². The van der Waals surface area contributed by atoms with E-state index in [1.54, 1.807) is 0 Å². The summed E-state index contributed by atoms with van der Waals surface area (Å²) in [6.07, 6.45) is 21.1. The average molecular weight is 547 g/mol. The van der Waals surface area contributed by atoms with Gasteiger partial charge in [-0.3, -0.25) is 0 Å². The minimum Gasteiger partial charge on any atom is -0.407 e. The molecule has 1 fully saturated rings. The fraction of sp³-hybridized carbons (Fsp3) is 0.486. The zero-order valence-electron chi connectivity index (χ0n) is 24.7. The summed E-state index contributed by atoms with van der Waals surface area (Å²) in [5, 5.41) is 2.68. The van der Waals surface area contributed by atoms with Gasteiger partial charge in [-0.2, -0.15) is 0 Å². The Balaban J connectivity index is 1.42. The smallest absolute Gasteiger partial charge is 0.261 e. The van der Waals surface area contributed by atoms with Gasteiger partial charge in [0.15, 0.2) is 6.29 Å². The molecule has 0 radical (unpaired) electrons. The van der Waals surface area contributed by atoms with Gasteiger partial charge in [0.25, 0.3) is 8.32 Å². The van der Waals surface area contributed by atoms with Gasteiger partial charge in [0.1, 0.15) is 0 Å². The number of hydrogen-bond acceptors (Lipinski definition) is 3. The Morgan fingerprint density at radius 1 is 0.872 bits per heavy atom. The summed E-state index contributed by atoms with van der Waals surface area (Å²) >= 11 is 0. The van der Waals surface area contributed by atoms with Crippen LogP contribution in [0.2, 0.25) is 5.04 Å². The molecule has 1 aliphatic rings. The lowest BCUT2D eigenvalue weighted by Crippen LogP contribution is -2.66. The van der Waals surface area contributed by atoms with Crippen molar-refractivity contribution in [3.63, 3.8) is 0 Å². The van der Waals surface area contributed by atoms with Crippen LogP contribution in [0.1, 0.15) is 72.6 Å². The van der Waals surface area contributed by atoms with E-state index < -0.39 is 8.32 Å². The molecular formula is C35H50O3Si. The first-order valence-corrected chi connectivity index (χ1v) is 16.8. The molecule has 4 heteroatoms. The van der Waals surface area contributed by atoms with Gasteiger partial charge in [-0.1, -0.05) is 125 Å². The predicted octanol–water partition coefficient (Wildman–Crippen LogP) is 7.97. The minimum absolute atomic E-state index is 0.00617. The van der Waals surface area contributed by atoms with Crippen molar-refractivity contribution >= 4 is 18.7 Å². The molecule has 1 aliphatic heterocycles. The molecule has 3 rings (SSSR count). The van der Waals surface area contributed by atoms with Gasteiger partial charge in [0.05, 0.1) is 6.61 Å². The van der Waals surface area contributed by atoms with Crippen LogP contribution in [-0.4, -0.2) is 34.4 Å². The van der Waals surface area contributed by atoms with Crippen molar-refractivity contribution < 1.29 is 13.9 Å². The van der Waals surface area contributed by atoms with Gasteiger partial charge in [0.2, 0.25) is 0 Å². The molecule has 0 aromatic heterocycles. The van der Waals surface area contributed by atoms with E-state index in [-0.39, 0.29) is 11.3 Å². The molecule has 1 saturated heterocycles. The zero-order chi connectivity index (χ0) is 27.8. The first-order valence-electron chi connectivity index (χ1n) is 14.9. The second-order valence-electron chi connectivity index (χ2n) is 11.6. The monoisotopic (exact) mass is 546 g/mol. The van der Waals surface area contributed by atoms with Gasteiger partial charge in [-0.15, -0.1) is 0 Å². The Morgan fingerprint density at radius 2 is 1.49 bits per heavy atom. The maximum Gasteiger partial charge on any atom is 0.261 e. The van der Waals surface area contributed by atoms with Crippen LogP contribution in [0.3, 0.4) is 0 Å². The molecule has 0 saturated carbocycles. The lowest BCUT2D eigenvalue weighted by atomic mass is 10.1. The average Bonchev–Trinajstić information content (AvgIpc) is 2.95. The highest BCUT2D eigenvalue weighted by Crippen LogP contribution is 2.37. The fourth-order valence-electron chi connectivity index (χ4n) is 5.21. The molecule has 2 aromatic carbocycles. The minimum atomic E-state index is -2.47. The Bertz CT molecular complexity index is 962. The molecular weight excluding hydrogens is 496 g/mol.